The summed E-state index contributed by atoms with van der Waals surface area (Å²) in [4.78, 5) is 19.5. The molecule has 3 unspecified atom stereocenters. The van der Waals surface area contributed by atoms with Gasteiger partial charge in [-0.1, -0.05) is 20.3 Å². The highest BCUT2D eigenvalue weighted by Gasteiger charge is 2.33. The van der Waals surface area contributed by atoms with Crippen molar-refractivity contribution < 1.29 is 9.53 Å². The van der Waals surface area contributed by atoms with Gasteiger partial charge in [0, 0.05) is 30.5 Å². The first-order valence-electron chi connectivity index (χ1n) is 11.8. The van der Waals surface area contributed by atoms with Crippen LogP contribution in [0, 0.1) is 5.92 Å². The van der Waals surface area contributed by atoms with Crippen LogP contribution >= 0.6 is 0 Å². The first kappa shape index (κ1) is 22.7. The highest BCUT2D eigenvalue weighted by atomic mass is 16.5. The van der Waals surface area contributed by atoms with Crippen LogP contribution in [-0.4, -0.2) is 47.0 Å². The number of benzene rings is 1. The molecule has 0 radical (unpaired) electrons. The summed E-state index contributed by atoms with van der Waals surface area (Å²) in [7, 11) is 0. The average Bonchev–Trinajstić information content (AvgIpc) is 3.22. The van der Waals surface area contributed by atoms with Gasteiger partial charge >= 0.3 is 0 Å². The second-order valence-corrected chi connectivity index (χ2v) is 9.36. The predicted octanol–water partition coefficient (Wildman–Crippen LogP) is 3.95. The van der Waals surface area contributed by atoms with Gasteiger partial charge in [0.05, 0.1) is 12.2 Å². The van der Waals surface area contributed by atoms with E-state index in [1.807, 2.05) is 36.4 Å². The monoisotopic (exact) mass is 437 g/mol. The van der Waals surface area contributed by atoms with Crippen molar-refractivity contribution >= 4 is 11.6 Å². The maximum atomic E-state index is 13.1. The molecule has 2 aromatic rings. The Hall–Kier alpha value is -2.48. The van der Waals surface area contributed by atoms with Crippen LogP contribution in [0.2, 0.25) is 0 Å². The molecule has 3 atom stereocenters. The average molecular weight is 438 g/mol. The topological polar surface area (TPSA) is 78.5 Å². The number of hydrazine groups is 1. The van der Waals surface area contributed by atoms with Crippen molar-refractivity contribution in [3.8, 4) is 11.5 Å². The molecule has 2 fully saturated rings. The summed E-state index contributed by atoms with van der Waals surface area (Å²) < 4.78 is 5.78. The minimum absolute atomic E-state index is 0.0790. The summed E-state index contributed by atoms with van der Waals surface area (Å²) in [5, 5.41) is 3.11. The van der Waals surface area contributed by atoms with Gasteiger partial charge < -0.3 is 10.1 Å². The standard InChI is InChI=1S/C25H35N5O2/c1-18(2)14-20-15-21(29-28-20)17-30-13-4-3-7-24(30)25(31)27-19-8-10-22(11-9-19)32-23-6-5-12-26-16-23/h5-6,8-12,16,18,20-21,24,28-29H,3-4,7,13-15,17H2,1-2H3,(H,27,31). The lowest BCUT2D eigenvalue weighted by atomic mass is 9.97. The molecule has 2 saturated heterocycles. The number of carbonyl (C=O) groups is 1. The molecule has 4 rings (SSSR count). The van der Waals surface area contributed by atoms with E-state index in [1.54, 1.807) is 12.4 Å². The molecule has 172 valence electrons. The number of nitrogens with zero attached hydrogens (tertiary/aromatic N) is 2. The van der Waals surface area contributed by atoms with Gasteiger partial charge in [0.1, 0.15) is 11.5 Å². The molecule has 0 saturated carbocycles. The zero-order chi connectivity index (χ0) is 22.3. The molecule has 0 aliphatic carbocycles. The number of ether oxygens (including phenoxy) is 1. The first-order valence-corrected chi connectivity index (χ1v) is 11.8. The zero-order valence-electron chi connectivity index (χ0n) is 19.1. The SMILES string of the molecule is CC(C)CC1CC(CN2CCCCC2C(=O)Nc2ccc(Oc3cccnc3)cc2)NN1. The summed E-state index contributed by atoms with van der Waals surface area (Å²) in [6, 6.07) is 12.0. The van der Waals surface area contributed by atoms with Gasteiger partial charge in [-0.25, -0.2) is 0 Å². The molecule has 7 heteroatoms. The Balaban J connectivity index is 1.31. The molecule has 0 spiro atoms. The number of anilines is 1. The van der Waals surface area contributed by atoms with Crippen molar-refractivity contribution in [3.63, 3.8) is 0 Å². The lowest BCUT2D eigenvalue weighted by Crippen LogP contribution is -2.51. The number of likely N-dealkylation sites (tertiary alicyclic amines) is 1. The van der Waals surface area contributed by atoms with Crippen molar-refractivity contribution in [2.24, 2.45) is 5.92 Å². The first-order chi connectivity index (χ1) is 15.6. The van der Waals surface area contributed by atoms with Crippen molar-refractivity contribution in [1.82, 2.24) is 20.7 Å². The summed E-state index contributed by atoms with van der Waals surface area (Å²) in [5.74, 6) is 2.16. The largest absolute Gasteiger partial charge is 0.456 e. The maximum absolute atomic E-state index is 13.1. The van der Waals surface area contributed by atoms with E-state index in [9.17, 15) is 4.79 Å². The Morgan fingerprint density at radius 2 is 1.97 bits per heavy atom. The van der Waals surface area contributed by atoms with Crippen LogP contribution in [0.25, 0.3) is 0 Å². The summed E-state index contributed by atoms with van der Waals surface area (Å²) in [6.07, 6.45) is 8.83. The summed E-state index contributed by atoms with van der Waals surface area (Å²) in [5.41, 5.74) is 7.68. The number of amides is 1. The lowest BCUT2D eigenvalue weighted by Gasteiger charge is -2.36. The molecule has 1 aromatic heterocycles. The third-order valence-electron chi connectivity index (χ3n) is 6.18. The second-order valence-electron chi connectivity index (χ2n) is 9.36. The number of hydrogen-bond donors (Lipinski definition) is 3. The van der Waals surface area contributed by atoms with Crippen molar-refractivity contribution in [3.05, 3.63) is 48.8 Å². The molecule has 1 aromatic carbocycles. The van der Waals surface area contributed by atoms with Crippen LogP contribution in [0.4, 0.5) is 5.69 Å². The summed E-state index contributed by atoms with van der Waals surface area (Å²) >= 11 is 0. The number of pyridine rings is 1. The minimum Gasteiger partial charge on any atom is -0.456 e. The van der Waals surface area contributed by atoms with Crippen molar-refractivity contribution in [1.29, 1.82) is 0 Å². The molecular formula is C25H35N5O2. The quantitative estimate of drug-likeness (QED) is 0.580. The fourth-order valence-electron chi connectivity index (χ4n) is 4.71. The molecule has 7 nitrogen and oxygen atoms in total. The van der Waals surface area contributed by atoms with Crippen molar-refractivity contribution in [2.45, 2.75) is 64.1 Å². The molecule has 2 aliphatic rings. The predicted molar refractivity (Wildman–Crippen MR) is 127 cm³/mol. The normalized spacial score (nSPS) is 23.9. The Bertz CT molecular complexity index is 858. The fourth-order valence-corrected chi connectivity index (χ4v) is 4.71. The van der Waals surface area contributed by atoms with Crippen LogP contribution < -0.4 is 20.9 Å². The van der Waals surface area contributed by atoms with Crippen LogP contribution in [0.5, 0.6) is 11.5 Å². The number of aromatic nitrogens is 1. The lowest BCUT2D eigenvalue weighted by molar-refractivity contribution is -0.122. The van der Waals surface area contributed by atoms with E-state index < -0.39 is 0 Å². The zero-order valence-corrected chi connectivity index (χ0v) is 19.1. The van der Waals surface area contributed by atoms with E-state index in [2.05, 4.69) is 39.9 Å². The van der Waals surface area contributed by atoms with Gasteiger partial charge in [-0.15, -0.1) is 0 Å². The van der Waals surface area contributed by atoms with Crippen LogP contribution in [0.3, 0.4) is 0 Å². The molecule has 32 heavy (non-hydrogen) atoms. The van der Waals surface area contributed by atoms with E-state index in [-0.39, 0.29) is 11.9 Å². The third kappa shape index (κ3) is 6.28. The van der Waals surface area contributed by atoms with E-state index in [0.717, 1.165) is 44.5 Å². The smallest absolute Gasteiger partial charge is 0.241 e. The summed E-state index contributed by atoms with van der Waals surface area (Å²) in [6.45, 7) is 6.40. The Kier molecular flexibility index (Phi) is 7.73. The molecule has 0 bridgehead atoms. The molecule has 3 N–H and O–H groups in total. The Labute approximate surface area is 190 Å². The van der Waals surface area contributed by atoms with Gasteiger partial charge in [0.15, 0.2) is 0 Å². The Morgan fingerprint density at radius 3 is 2.72 bits per heavy atom. The molecule has 1 amide bonds. The number of hydrogen-bond acceptors (Lipinski definition) is 6. The van der Waals surface area contributed by atoms with Crippen LogP contribution in [0.15, 0.2) is 48.8 Å². The van der Waals surface area contributed by atoms with Crippen molar-refractivity contribution in [2.75, 3.05) is 18.4 Å². The molecule has 3 heterocycles. The van der Waals surface area contributed by atoms with Gasteiger partial charge in [-0.05, 0) is 74.5 Å². The van der Waals surface area contributed by atoms with Crippen LogP contribution in [-0.2, 0) is 4.79 Å². The van der Waals surface area contributed by atoms with E-state index in [4.69, 9.17) is 4.74 Å². The number of rotatable bonds is 8. The van der Waals surface area contributed by atoms with Gasteiger partial charge in [0.25, 0.3) is 0 Å². The second kappa shape index (κ2) is 10.9. The minimum atomic E-state index is -0.0824. The Morgan fingerprint density at radius 1 is 1.16 bits per heavy atom. The molecular weight excluding hydrogens is 402 g/mol. The van der Waals surface area contributed by atoms with Gasteiger partial charge in [0.2, 0.25) is 5.91 Å². The number of carbonyl (C=O) groups excluding carboxylic acids is 1. The van der Waals surface area contributed by atoms with Gasteiger partial charge in [-0.3, -0.25) is 25.5 Å². The number of piperidine rings is 1. The molecule has 2 aliphatic heterocycles. The van der Waals surface area contributed by atoms with Crippen LogP contribution in [0.1, 0.15) is 46.0 Å². The highest BCUT2D eigenvalue weighted by Crippen LogP contribution is 2.24. The highest BCUT2D eigenvalue weighted by molar-refractivity contribution is 5.94. The van der Waals surface area contributed by atoms with E-state index >= 15 is 0 Å². The maximum Gasteiger partial charge on any atom is 0.241 e. The third-order valence-corrected chi connectivity index (χ3v) is 6.18. The van der Waals surface area contributed by atoms with E-state index in [0.29, 0.717) is 29.5 Å². The van der Waals surface area contributed by atoms with E-state index in [1.165, 1.54) is 6.42 Å². The van der Waals surface area contributed by atoms with Gasteiger partial charge in [-0.2, -0.15) is 0 Å². The number of nitrogens with one attached hydrogen (secondary N) is 3. The fraction of sp³-hybridized carbons (Fsp3) is 0.520.